The predicted octanol–water partition coefficient (Wildman–Crippen LogP) is 13.8. The molecule has 0 spiro atoms. The van der Waals surface area contributed by atoms with Crippen LogP contribution in [0.5, 0.6) is 0 Å². The van der Waals surface area contributed by atoms with Crippen LogP contribution in [0, 0.1) is 0 Å². The first-order valence-electron chi connectivity index (χ1n) is 17.7. The summed E-state index contributed by atoms with van der Waals surface area (Å²) in [6.45, 7) is 4.72. The Bertz CT molecular complexity index is 2770. The zero-order valence-electron chi connectivity index (χ0n) is 28.6. The van der Waals surface area contributed by atoms with E-state index in [1.54, 1.807) is 0 Å². The SMILES string of the molecule is CC1(C)c2cc(-c3ccccc3)ccc2-c2ccc(N(c3ccc(-c4ccc5ccccc5c4)cc3)c3cccc4c3oc3ccccc34)cc21. The van der Waals surface area contributed by atoms with Crippen molar-refractivity contribution in [3.05, 3.63) is 187 Å². The molecule has 0 aliphatic heterocycles. The van der Waals surface area contributed by atoms with E-state index in [1.807, 2.05) is 6.07 Å². The molecule has 0 atom stereocenters. The molecule has 0 unspecified atom stereocenters. The molecule has 8 aromatic carbocycles. The quantitative estimate of drug-likeness (QED) is 0.184. The van der Waals surface area contributed by atoms with Crippen molar-refractivity contribution >= 4 is 49.8 Å². The van der Waals surface area contributed by atoms with Gasteiger partial charge in [-0.05, 0) is 104 Å². The summed E-state index contributed by atoms with van der Waals surface area (Å²) in [5.74, 6) is 0. The fourth-order valence-electron chi connectivity index (χ4n) is 8.18. The van der Waals surface area contributed by atoms with Crippen LogP contribution in [0.15, 0.2) is 180 Å². The maximum absolute atomic E-state index is 6.64. The fourth-order valence-corrected chi connectivity index (χ4v) is 8.18. The molecule has 9 aromatic rings. The Hall–Kier alpha value is -6.38. The summed E-state index contributed by atoms with van der Waals surface area (Å²) in [5, 5.41) is 4.74. The summed E-state index contributed by atoms with van der Waals surface area (Å²) in [7, 11) is 0. The molecule has 2 nitrogen and oxygen atoms in total. The van der Waals surface area contributed by atoms with E-state index in [4.69, 9.17) is 4.42 Å². The van der Waals surface area contributed by atoms with E-state index in [0.29, 0.717) is 0 Å². The van der Waals surface area contributed by atoms with Crippen LogP contribution < -0.4 is 4.90 Å². The van der Waals surface area contributed by atoms with Gasteiger partial charge in [-0.15, -0.1) is 0 Å². The highest BCUT2D eigenvalue weighted by Gasteiger charge is 2.36. The summed E-state index contributed by atoms with van der Waals surface area (Å²) in [5.41, 5.74) is 15.0. The number of anilines is 3. The molecule has 0 saturated carbocycles. The van der Waals surface area contributed by atoms with Crippen LogP contribution in [0.25, 0.3) is 66.1 Å². The van der Waals surface area contributed by atoms with Gasteiger partial charge in [-0.3, -0.25) is 0 Å². The van der Waals surface area contributed by atoms with Gasteiger partial charge in [0.25, 0.3) is 0 Å². The summed E-state index contributed by atoms with van der Waals surface area (Å²) in [4.78, 5) is 2.36. The maximum atomic E-state index is 6.64. The van der Waals surface area contributed by atoms with Crippen LogP contribution >= 0.6 is 0 Å². The number of para-hydroxylation sites is 2. The third kappa shape index (κ3) is 4.71. The molecule has 2 heteroatoms. The zero-order valence-corrected chi connectivity index (χ0v) is 28.6. The van der Waals surface area contributed by atoms with Crippen LogP contribution in [0.4, 0.5) is 17.1 Å². The Balaban J connectivity index is 1.12. The van der Waals surface area contributed by atoms with Crippen LogP contribution in [0.1, 0.15) is 25.0 Å². The van der Waals surface area contributed by atoms with Crippen molar-refractivity contribution in [3.63, 3.8) is 0 Å². The van der Waals surface area contributed by atoms with Gasteiger partial charge < -0.3 is 9.32 Å². The smallest absolute Gasteiger partial charge is 0.159 e. The number of benzene rings is 8. The molecule has 0 amide bonds. The molecule has 1 aliphatic rings. The van der Waals surface area contributed by atoms with Crippen molar-refractivity contribution in [3.8, 4) is 33.4 Å². The number of hydrogen-bond acceptors (Lipinski definition) is 2. The molecule has 1 aromatic heterocycles. The first-order chi connectivity index (χ1) is 25.0. The molecule has 1 heterocycles. The average molecular weight is 654 g/mol. The molecule has 0 bridgehead atoms. The molecule has 0 N–H and O–H groups in total. The third-order valence-corrected chi connectivity index (χ3v) is 10.9. The molecule has 0 fully saturated rings. The van der Waals surface area contributed by atoms with Crippen molar-refractivity contribution in [2.45, 2.75) is 19.3 Å². The van der Waals surface area contributed by atoms with Gasteiger partial charge >= 0.3 is 0 Å². The van der Waals surface area contributed by atoms with Gasteiger partial charge in [-0.2, -0.15) is 0 Å². The van der Waals surface area contributed by atoms with Gasteiger partial charge in [0.2, 0.25) is 0 Å². The summed E-state index contributed by atoms with van der Waals surface area (Å²) >= 11 is 0. The minimum Gasteiger partial charge on any atom is -0.454 e. The number of fused-ring (bicyclic) bond motifs is 7. The zero-order chi connectivity index (χ0) is 34.1. The molecule has 10 rings (SSSR count). The molecular formula is C49H35NO. The van der Waals surface area contributed by atoms with E-state index in [2.05, 4.69) is 189 Å². The topological polar surface area (TPSA) is 16.4 Å². The van der Waals surface area contributed by atoms with Crippen LogP contribution in [-0.4, -0.2) is 0 Å². The van der Waals surface area contributed by atoms with Crippen molar-refractivity contribution in [1.29, 1.82) is 0 Å². The molecular weight excluding hydrogens is 619 g/mol. The fraction of sp³-hybridized carbons (Fsp3) is 0.0612. The lowest BCUT2D eigenvalue weighted by molar-refractivity contribution is 0.660. The van der Waals surface area contributed by atoms with Crippen molar-refractivity contribution in [2.24, 2.45) is 0 Å². The first-order valence-corrected chi connectivity index (χ1v) is 17.7. The average Bonchev–Trinajstić information content (AvgIpc) is 3.67. The van der Waals surface area contributed by atoms with E-state index in [1.165, 1.54) is 55.3 Å². The Morgan fingerprint density at radius 1 is 0.431 bits per heavy atom. The van der Waals surface area contributed by atoms with Crippen LogP contribution in [-0.2, 0) is 5.41 Å². The normalized spacial score (nSPS) is 13.1. The van der Waals surface area contributed by atoms with Crippen molar-refractivity contribution < 1.29 is 4.42 Å². The maximum Gasteiger partial charge on any atom is 0.159 e. The second kappa shape index (κ2) is 11.3. The lowest BCUT2D eigenvalue weighted by atomic mass is 9.81. The lowest BCUT2D eigenvalue weighted by Gasteiger charge is -2.28. The minimum absolute atomic E-state index is 0.178. The Morgan fingerprint density at radius 3 is 1.88 bits per heavy atom. The number of hydrogen-bond donors (Lipinski definition) is 0. The number of rotatable bonds is 5. The minimum atomic E-state index is -0.178. The summed E-state index contributed by atoms with van der Waals surface area (Å²) in [6.07, 6.45) is 0. The first kappa shape index (κ1) is 29.5. The summed E-state index contributed by atoms with van der Waals surface area (Å²) < 4.78 is 6.64. The number of furan rings is 1. The van der Waals surface area contributed by atoms with Gasteiger partial charge in [-0.25, -0.2) is 0 Å². The highest BCUT2D eigenvalue weighted by atomic mass is 16.3. The highest BCUT2D eigenvalue weighted by Crippen LogP contribution is 2.52. The Labute approximate surface area is 297 Å². The van der Waals surface area contributed by atoms with Crippen molar-refractivity contribution in [1.82, 2.24) is 0 Å². The van der Waals surface area contributed by atoms with Gasteiger partial charge in [0, 0.05) is 27.6 Å². The number of nitrogens with zero attached hydrogens (tertiary/aromatic N) is 1. The predicted molar refractivity (Wildman–Crippen MR) is 214 cm³/mol. The molecule has 242 valence electrons. The Kier molecular flexibility index (Phi) is 6.56. The van der Waals surface area contributed by atoms with Gasteiger partial charge in [0.1, 0.15) is 5.58 Å². The highest BCUT2D eigenvalue weighted by molar-refractivity contribution is 6.10. The van der Waals surface area contributed by atoms with Gasteiger partial charge in [-0.1, -0.05) is 141 Å². The monoisotopic (exact) mass is 653 g/mol. The standard InChI is InChI=1S/C49H35NO/c1-49(2)44-30-37(32-11-4-3-5-12-32)23-27-40(44)41-28-26-39(31-45(41)49)50(46-17-10-16-43-42-15-8-9-18-47(42)51-48(43)46)38-24-21-34(22-25-38)36-20-19-33-13-6-7-14-35(33)29-36/h3-31H,1-2H3. The Morgan fingerprint density at radius 2 is 1.04 bits per heavy atom. The molecule has 0 radical (unpaired) electrons. The second-order valence-electron chi connectivity index (χ2n) is 14.2. The van der Waals surface area contributed by atoms with E-state index >= 15 is 0 Å². The molecule has 51 heavy (non-hydrogen) atoms. The van der Waals surface area contributed by atoms with Crippen molar-refractivity contribution in [2.75, 3.05) is 4.90 Å². The lowest BCUT2D eigenvalue weighted by Crippen LogP contribution is -2.16. The van der Waals surface area contributed by atoms with E-state index < -0.39 is 0 Å². The van der Waals surface area contributed by atoms with Gasteiger partial charge in [0.05, 0.1) is 5.69 Å². The molecule has 1 aliphatic carbocycles. The van der Waals surface area contributed by atoms with Crippen LogP contribution in [0.3, 0.4) is 0 Å². The van der Waals surface area contributed by atoms with E-state index in [0.717, 1.165) is 39.0 Å². The van der Waals surface area contributed by atoms with E-state index in [9.17, 15) is 0 Å². The summed E-state index contributed by atoms with van der Waals surface area (Å²) in [6, 6.07) is 63.6. The van der Waals surface area contributed by atoms with Gasteiger partial charge in [0.15, 0.2) is 5.58 Å². The molecule has 0 saturated heterocycles. The van der Waals surface area contributed by atoms with E-state index in [-0.39, 0.29) is 5.41 Å². The van der Waals surface area contributed by atoms with Crippen LogP contribution in [0.2, 0.25) is 0 Å². The largest absolute Gasteiger partial charge is 0.454 e. The third-order valence-electron chi connectivity index (χ3n) is 10.9. The second-order valence-corrected chi connectivity index (χ2v) is 14.2.